The molecule has 0 unspecified atom stereocenters. The third-order valence-electron chi connectivity index (χ3n) is 3.58. The van der Waals surface area contributed by atoms with Crippen LogP contribution in [0.2, 0.25) is 0 Å². The van der Waals surface area contributed by atoms with Gasteiger partial charge in [-0.25, -0.2) is 4.79 Å². The number of carbonyl (C=O) groups excluding carboxylic acids is 1. The van der Waals surface area contributed by atoms with Crippen LogP contribution in [-0.2, 0) is 6.54 Å². The summed E-state index contributed by atoms with van der Waals surface area (Å²) in [4.78, 5) is 12.1. The van der Waals surface area contributed by atoms with Crippen LogP contribution in [0.1, 0.15) is 42.5 Å². The van der Waals surface area contributed by atoms with Crippen LogP contribution >= 0.6 is 0 Å². The van der Waals surface area contributed by atoms with E-state index in [0.29, 0.717) is 18.2 Å². The molecule has 1 aromatic heterocycles. The largest absolute Gasteiger partial charge is 0.359 e. The average molecular weight is 301 g/mol. The number of hydrogen-bond acceptors (Lipinski definition) is 3. The lowest BCUT2D eigenvalue weighted by Gasteiger charge is -2.24. The van der Waals surface area contributed by atoms with Crippen molar-refractivity contribution < 1.29 is 9.32 Å². The van der Waals surface area contributed by atoms with Crippen molar-refractivity contribution in [1.82, 2.24) is 15.8 Å². The molecule has 22 heavy (non-hydrogen) atoms. The Balaban J connectivity index is 1.99. The third-order valence-corrected chi connectivity index (χ3v) is 3.58. The summed E-state index contributed by atoms with van der Waals surface area (Å²) in [5.74, 6) is 0.934. The normalized spacial score (nSPS) is 12.2. The van der Waals surface area contributed by atoms with Crippen molar-refractivity contribution in [3.05, 3.63) is 52.9 Å². The first-order valence-corrected chi connectivity index (χ1v) is 7.49. The highest BCUT2D eigenvalue weighted by Gasteiger charge is 2.19. The molecule has 0 saturated heterocycles. The van der Waals surface area contributed by atoms with Gasteiger partial charge < -0.3 is 15.2 Å². The van der Waals surface area contributed by atoms with Crippen LogP contribution in [0.15, 0.2) is 34.9 Å². The Morgan fingerprint density at radius 1 is 1.27 bits per heavy atom. The molecule has 1 atom stereocenters. The molecule has 118 valence electrons. The molecule has 0 fully saturated rings. The second kappa shape index (κ2) is 7.11. The van der Waals surface area contributed by atoms with E-state index in [9.17, 15) is 4.79 Å². The molecule has 0 aliphatic carbocycles. The summed E-state index contributed by atoms with van der Waals surface area (Å²) in [6.45, 7) is 8.42. The predicted octanol–water partition coefficient (Wildman–Crippen LogP) is 3.49. The summed E-state index contributed by atoms with van der Waals surface area (Å²) in [6, 6.07) is 9.68. The molecule has 1 heterocycles. The van der Waals surface area contributed by atoms with Crippen molar-refractivity contribution in [1.29, 1.82) is 0 Å². The van der Waals surface area contributed by atoms with Crippen LogP contribution in [0.4, 0.5) is 4.79 Å². The van der Waals surface area contributed by atoms with Crippen LogP contribution in [0.5, 0.6) is 0 Å². The van der Waals surface area contributed by atoms with Crippen molar-refractivity contribution in [3.8, 4) is 0 Å². The van der Waals surface area contributed by atoms with Crippen LogP contribution in [0.25, 0.3) is 0 Å². The van der Waals surface area contributed by atoms with E-state index in [2.05, 4.69) is 48.7 Å². The highest BCUT2D eigenvalue weighted by atomic mass is 16.5. The second-order valence-corrected chi connectivity index (χ2v) is 5.84. The average Bonchev–Trinajstić information content (AvgIpc) is 2.89. The molecule has 0 spiro atoms. The number of nitrogens with one attached hydrogen (secondary N) is 2. The van der Waals surface area contributed by atoms with Gasteiger partial charge in [-0.05, 0) is 30.9 Å². The Kier molecular flexibility index (Phi) is 5.20. The number of rotatable bonds is 5. The summed E-state index contributed by atoms with van der Waals surface area (Å²) in [5, 5.41) is 9.64. The Hall–Kier alpha value is -2.30. The first-order valence-electron chi connectivity index (χ1n) is 7.49. The molecule has 0 aliphatic heterocycles. The van der Waals surface area contributed by atoms with E-state index in [-0.39, 0.29) is 12.1 Å². The maximum Gasteiger partial charge on any atom is 0.315 e. The zero-order chi connectivity index (χ0) is 16.1. The molecule has 5 heteroatoms. The summed E-state index contributed by atoms with van der Waals surface area (Å²) in [5.41, 5.74) is 3.12. The fourth-order valence-electron chi connectivity index (χ4n) is 2.40. The minimum atomic E-state index is -0.212. The number of urea groups is 1. The Morgan fingerprint density at radius 2 is 2.00 bits per heavy atom. The van der Waals surface area contributed by atoms with Gasteiger partial charge >= 0.3 is 6.03 Å². The number of hydrogen-bond donors (Lipinski definition) is 2. The standard InChI is InChI=1S/C17H23N3O2/c1-11(2)16(15-8-6-5-7-12(15)3)19-17(21)18-10-14-9-13(4)20-22-14/h5-9,11,16H,10H2,1-4H3,(H2,18,19,21)/t16-/m0/s1. The van der Waals surface area contributed by atoms with Crippen LogP contribution < -0.4 is 10.6 Å². The smallest absolute Gasteiger partial charge is 0.315 e. The SMILES string of the molecule is Cc1cc(CNC(=O)N[C@H](c2ccccc2C)C(C)C)on1. The molecule has 0 saturated carbocycles. The van der Waals surface area contributed by atoms with E-state index in [1.54, 1.807) is 0 Å². The van der Waals surface area contributed by atoms with Crippen molar-refractivity contribution in [2.45, 2.75) is 40.3 Å². The molecular formula is C17H23N3O2. The Morgan fingerprint density at radius 3 is 2.59 bits per heavy atom. The zero-order valence-electron chi connectivity index (χ0n) is 13.5. The van der Waals surface area contributed by atoms with E-state index in [4.69, 9.17) is 4.52 Å². The van der Waals surface area contributed by atoms with Gasteiger partial charge in [0.2, 0.25) is 0 Å². The maximum atomic E-state index is 12.1. The zero-order valence-corrected chi connectivity index (χ0v) is 13.5. The lowest BCUT2D eigenvalue weighted by molar-refractivity contribution is 0.231. The van der Waals surface area contributed by atoms with Crippen molar-refractivity contribution in [3.63, 3.8) is 0 Å². The van der Waals surface area contributed by atoms with Crippen LogP contribution in [-0.4, -0.2) is 11.2 Å². The van der Waals surface area contributed by atoms with Gasteiger partial charge in [0, 0.05) is 6.07 Å². The van der Waals surface area contributed by atoms with E-state index in [1.807, 2.05) is 25.1 Å². The van der Waals surface area contributed by atoms with Crippen LogP contribution in [0.3, 0.4) is 0 Å². The van der Waals surface area contributed by atoms with Gasteiger partial charge in [-0.2, -0.15) is 0 Å². The number of aryl methyl sites for hydroxylation is 2. The first-order chi connectivity index (χ1) is 10.5. The number of aromatic nitrogens is 1. The van der Waals surface area contributed by atoms with Crippen molar-refractivity contribution in [2.24, 2.45) is 5.92 Å². The van der Waals surface area contributed by atoms with E-state index in [1.165, 1.54) is 5.56 Å². The Labute approximate surface area is 131 Å². The number of nitrogens with zero attached hydrogens (tertiary/aromatic N) is 1. The number of benzene rings is 1. The van der Waals surface area contributed by atoms with E-state index >= 15 is 0 Å². The fourth-order valence-corrected chi connectivity index (χ4v) is 2.40. The Bertz CT molecular complexity index is 634. The minimum Gasteiger partial charge on any atom is -0.359 e. The molecular weight excluding hydrogens is 278 g/mol. The quantitative estimate of drug-likeness (QED) is 0.888. The molecule has 2 N–H and O–H groups in total. The molecule has 2 rings (SSSR count). The van der Waals surface area contributed by atoms with Crippen molar-refractivity contribution in [2.75, 3.05) is 0 Å². The lowest BCUT2D eigenvalue weighted by Crippen LogP contribution is -2.39. The minimum absolute atomic E-state index is 0.0299. The van der Waals surface area contributed by atoms with Gasteiger partial charge in [0.15, 0.2) is 5.76 Å². The summed E-state index contributed by atoms with van der Waals surface area (Å²) in [6.07, 6.45) is 0. The topological polar surface area (TPSA) is 67.2 Å². The molecule has 0 bridgehead atoms. The second-order valence-electron chi connectivity index (χ2n) is 5.84. The molecule has 2 amide bonds. The van der Waals surface area contributed by atoms with Gasteiger partial charge in [-0.1, -0.05) is 43.3 Å². The van der Waals surface area contributed by atoms with Gasteiger partial charge in [0.1, 0.15) is 0 Å². The summed E-state index contributed by atoms with van der Waals surface area (Å²) in [7, 11) is 0. The number of carbonyl (C=O) groups is 1. The molecule has 5 nitrogen and oxygen atoms in total. The lowest BCUT2D eigenvalue weighted by atomic mass is 9.93. The fraction of sp³-hybridized carbons (Fsp3) is 0.412. The summed E-state index contributed by atoms with van der Waals surface area (Å²) >= 11 is 0. The highest BCUT2D eigenvalue weighted by molar-refractivity contribution is 5.74. The van der Waals surface area contributed by atoms with Gasteiger partial charge in [0.25, 0.3) is 0 Å². The number of amides is 2. The molecule has 0 radical (unpaired) electrons. The van der Waals surface area contributed by atoms with Gasteiger partial charge in [-0.15, -0.1) is 0 Å². The van der Waals surface area contributed by atoms with E-state index < -0.39 is 0 Å². The van der Waals surface area contributed by atoms with E-state index in [0.717, 1.165) is 11.3 Å². The highest BCUT2D eigenvalue weighted by Crippen LogP contribution is 2.24. The predicted molar refractivity (Wildman–Crippen MR) is 85.4 cm³/mol. The molecule has 2 aromatic rings. The van der Waals surface area contributed by atoms with Crippen LogP contribution in [0, 0.1) is 19.8 Å². The van der Waals surface area contributed by atoms with Gasteiger partial charge in [0.05, 0.1) is 18.3 Å². The maximum absolute atomic E-state index is 12.1. The third kappa shape index (κ3) is 4.10. The van der Waals surface area contributed by atoms with Crippen molar-refractivity contribution >= 4 is 6.03 Å². The monoisotopic (exact) mass is 301 g/mol. The van der Waals surface area contributed by atoms with Gasteiger partial charge in [-0.3, -0.25) is 0 Å². The molecule has 1 aromatic carbocycles. The summed E-state index contributed by atoms with van der Waals surface area (Å²) < 4.78 is 5.08. The first kappa shape index (κ1) is 16.1. The molecule has 0 aliphatic rings.